The molecule has 1 saturated heterocycles. The summed E-state index contributed by atoms with van der Waals surface area (Å²) < 4.78 is 0. The molecule has 0 saturated carbocycles. The van der Waals surface area contributed by atoms with Crippen molar-refractivity contribution in [2.45, 2.75) is 38.5 Å². The molecule has 2 aliphatic heterocycles. The molecule has 3 rings (SSSR count). The van der Waals surface area contributed by atoms with E-state index in [4.69, 9.17) is 0 Å². The van der Waals surface area contributed by atoms with Gasteiger partial charge in [0.1, 0.15) is 0 Å². The molecule has 0 aliphatic carbocycles. The van der Waals surface area contributed by atoms with E-state index in [1.165, 1.54) is 31.5 Å². The molecular formula is C21H33N5O. The fraction of sp³-hybridized carbons (Fsp3) is 0.619. The lowest BCUT2D eigenvalue weighted by Gasteiger charge is -2.30. The van der Waals surface area contributed by atoms with Crippen LogP contribution in [0.5, 0.6) is 0 Å². The SMILES string of the molecule is CN=C(NCCCN1CCC(C)CC1)NCC1CC(=O)Nc2ccccc21. The third-order valence-electron chi connectivity index (χ3n) is 5.67. The van der Waals surface area contributed by atoms with E-state index in [1.807, 2.05) is 18.2 Å². The highest BCUT2D eigenvalue weighted by atomic mass is 16.1. The van der Waals surface area contributed by atoms with Crippen molar-refractivity contribution in [3.63, 3.8) is 0 Å². The molecule has 3 N–H and O–H groups in total. The number of nitrogens with one attached hydrogen (secondary N) is 3. The summed E-state index contributed by atoms with van der Waals surface area (Å²) in [5.74, 6) is 1.95. The smallest absolute Gasteiger partial charge is 0.225 e. The summed E-state index contributed by atoms with van der Waals surface area (Å²) in [6, 6.07) is 8.04. The van der Waals surface area contributed by atoms with Gasteiger partial charge in [0, 0.05) is 38.2 Å². The van der Waals surface area contributed by atoms with E-state index >= 15 is 0 Å². The van der Waals surface area contributed by atoms with Crippen molar-refractivity contribution in [3.05, 3.63) is 29.8 Å². The van der Waals surface area contributed by atoms with Crippen LogP contribution in [0.2, 0.25) is 0 Å². The van der Waals surface area contributed by atoms with E-state index in [9.17, 15) is 4.79 Å². The largest absolute Gasteiger partial charge is 0.356 e. The predicted molar refractivity (Wildman–Crippen MR) is 111 cm³/mol. The van der Waals surface area contributed by atoms with Crippen molar-refractivity contribution in [2.24, 2.45) is 10.9 Å². The van der Waals surface area contributed by atoms with Crippen molar-refractivity contribution in [3.8, 4) is 0 Å². The van der Waals surface area contributed by atoms with Crippen LogP contribution in [0.1, 0.15) is 44.1 Å². The summed E-state index contributed by atoms with van der Waals surface area (Å²) >= 11 is 0. The molecule has 6 heteroatoms. The number of amides is 1. The lowest BCUT2D eigenvalue weighted by atomic mass is 9.90. The van der Waals surface area contributed by atoms with E-state index in [2.05, 4.69) is 38.8 Å². The highest BCUT2D eigenvalue weighted by Crippen LogP contribution is 2.31. The molecule has 0 bridgehead atoms. The number of carbonyl (C=O) groups is 1. The first-order chi connectivity index (χ1) is 13.2. The summed E-state index contributed by atoms with van der Waals surface area (Å²) in [6.07, 6.45) is 4.28. The number of carbonyl (C=O) groups excluding carboxylic acids is 1. The Morgan fingerprint density at radius 1 is 1.26 bits per heavy atom. The number of benzene rings is 1. The van der Waals surface area contributed by atoms with Crippen molar-refractivity contribution >= 4 is 17.6 Å². The van der Waals surface area contributed by atoms with E-state index in [0.717, 1.165) is 37.1 Å². The predicted octanol–water partition coefficient (Wildman–Crippen LogP) is 2.40. The Morgan fingerprint density at radius 3 is 2.81 bits per heavy atom. The van der Waals surface area contributed by atoms with E-state index in [1.54, 1.807) is 7.05 Å². The number of para-hydroxylation sites is 1. The zero-order chi connectivity index (χ0) is 19.1. The van der Waals surface area contributed by atoms with E-state index < -0.39 is 0 Å². The van der Waals surface area contributed by atoms with E-state index in [-0.39, 0.29) is 11.8 Å². The fourth-order valence-corrected chi connectivity index (χ4v) is 3.92. The highest BCUT2D eigenvalue weighted by Gasteiger charge is 2.24. The minimum Gasteiger partial charge on any atom is -0.356 e. The molecule has 0 radical (unpaired) electrons. The average Bonchev–Trinajstić information content (AvgIpc) is 2.68. The molecule has 0 spiro atoms. The first-order valence-corrected chi connectivity index (χ1v) is 10.2. The van der Waals surface area contributed by atoms with Gasteiger partial charge in [-0.2, -0.15) is 0 Å². The number of likely N-dealkylation sites (tertiary alicyclic amines) is 1. The minimum atomic E-state index is 0.0827. The normalized spacial score (nSPS) is 21.5. The number of hydrogen-bond acceptors (Lipinski definition) is 3. The topological polar surface area (TPSA) is 68.8 Å². The van der Waals surface area contributed by atoms with Crippen LogP contribution < -0.4 is 16.0 Å². The maximum Gasteiger partial charge on any atom is 0.225 e. The lowest BCUT2D eigenvalue weighted by molar-refractivity contribution is -0.116. The monoisotopic (exact) mass is 371 g/mol. The van der Waals surface area contributed by atoms with Gasteiger partial charge >= 0.3 is 0 Å². The van der Waals surface area contributed by atoms with E-state index in [0.29, 0.717) is 13.0 Å². The third-order valence-corrected chi connectivity index (χ3v) is 5.67. The molecule has 27 heavy (non-hydrogen) atoms. The summed E-state index contributed by atoms with van der Waals surface area (Å²) in [6.45, 7) is 7.58. The maximum atomic E-state index is 11.9. The highest BCUT2D eigenvalue weighted by molar-refractivity contribution is 5.94. The Kier molecular flexibility index (Phi) is 7.10. The second-order valence-electron chi connectivity index (χ2n) is 7.79. The number of anilines is 1. The third kappa shape index (κ3) is 5.70. The summed E-state index contributed by atoms with van der Waals surface area (Å²) in [5.41, 5.74) is 2.12. The Hall–Kier alpha value is -2.08. The van der Waals surface area contributed by atoms with Crippen LogP contribution in [0.15, 0.2) is 29.3 Å². The summed E-state index contributed by atoms with van der Waals surface area (Å²) in [5, 5.41) is 9.74. The van der Waals surface area contributed by atoms with Gasteiger partial charge in [-0.15, -0.1) is 0 Å². The van der Waals surface area contributed by atoms with Gasteiger partial charge in [0.05, 0.1) is 0 Å². The standard InChI is InChI=1S/C21H33N5O/c1-16-8-12-26(13-9-16)11-5-10-23-21(22-2)24-15-17-14-20(27)25-19-7-4-3-6-18(17)19/h3-4,6-7,16-17H,5,8-15H2,1-2H3,(H,25,27)(H2,22,23,24). The van der Waals surface area contributed by atoms with Crippen molar-refractivity contribution in [1.29, 1.82) is 0 Å². The molecule has 1 atom stereocenters. The van der Waals surface area contributed by atoms with Gasteiger partial charge in [-0.3, -0.25) is 9.79 Å². The number of rotatable bonds is 6. The van der Waals surface area contributed by atoms with Gasteiger partial charge in [0.25, 0.3) is 0 Å². The minimum absolute atomic E-state index is 0.0827. The van der Waals surface area contributed by atoms with Crippen LogP contribution in [-0.4, -0.2) is 56.5 Å². The quantitative estimate of drug-likeness (QED) is 0.408. The van der Waals surface area contributed by atoms with Gasteiger partial charge in [-0.1, -0.05) is 25.1 Å². The second-order valence-corrected chi connectivity index (χ2v) is 7.79. The molecule has 0 aromatic heterocycles. The summed E-state index contributed by atoms with van der Waals surface area (Å²) in [4.78, 5) is 18.8. The van der Waals surface area contributed by atoms with Gasteiger partial charge in [0.15, 0.2) is 5.96 Å². The van der Waals surface area contributed by atoms with Gasteiger partial charge < -0.3 is 20.9 Å². The van der Waals surface area contributed by atoms with Gasteiger partial charge in [-0.05, 0) is 56.4 Å². The van der Waals surface area contributed by atoms with Crippen LogP contribution in [-0.2, 0) is 4.79 Å². The first kappa shape index (κ1) is 19.7. The van der Waals surface area contributed by atoms with Crippen molar-refractivity contribution < 1.29 is 4.79 Å². The number of guanidine groups is 1. The Morgan fingerprint density at radius 2 is 2.04 bits per heavy atom. The number of hydrogen-bond donors (Lipinski definition) is 3. The molecule has 2 aliphatic rings. The molecule has 1 fully saturated rings. The van der Waals surface area contributed by atoms with Crippen LogP contribution in [0.3, 0.4) is 0 Å². The van der Waals surface area contributed by atoms with Gasteiger partial charge in [-0.25, -0.2) is 0 Å². The van der Waals surface area contributed by atoms with Crippen LogP contribution >= 0.6 is 0 Å². The Balaban J connectivity index is 1.40. The number of aliphatic imine (C=N–C) groups is 1. The number of piperidine rings is 1. The number of fused-ring (bicyclic) bond motifs is 1. The lowest BCUT2D eigenvalue weighted by Crippen LogP contribution is -2.42. The summed E-state index contributed by atoms with van der Waals surface area (Å²) in [7, 11) is 1.79. The number of nitrogens with zero attached hydrogens (tertiary/aromatic N) is 2. The zero-order valence-electron chi connectivity index (χ0n) is 16.6. The second kappa shape index (κ2) is 9.74. The first-order valence-electron chi connectivity index (χ1n) is 10.2. The Labute approximate surface area is 162 Å². The van der Waals surface area contributed by atoms with Crippen LogP contribution in [0.4, 0.5) is 5.69 Å². The molecule has 1 unspecified atom stereocenters. The average molecular weight is 372 g/mol. The fourth-order valence-electron chi connectivity index (χ4n) is 3.92. The molecule has 148 valence electrons. The molecule has 1 aromatic carbocycles. The van der Waals surface area contributed by atoms with Crippen molar-refractivity contribution in [1.82, 2.24) is 15.5 Å². The molecular weight excluding hydrogens is 338 g/mol. The molecule has 2 heterocycles. The Bertz CT molecular complexity index is 652. The van der Waals surface area contributed by atoms with Gasteiger partial charge in [0.2, 0.25) is 5.91 Å². The molecule has 6 nitrogen and oxygen atoms in total. The van der Waals surface area contributed by atoms with Crippen molar-refractivity contribution in [2.75, 3.05) is 45.1 Å². The maximum absolute atomic E-state index is 11.9. The molecule has 1 aromatic rings. The van der Waals surface area contributed by atoms with Crippen LogP contribution in [0, 0.1) is 5.92 Å². The molecule has 1 amide bonds. The zero-order valence-corrected chi connectivity index (χ0v) is 16.6. The van der Waals surface area contributed by atoms with Crippen LogP contribution in [0.25, 0.3) is 0 Å².